The molecule has 0 unspecified atom stereocenters. The zero-order valence-corrected chi connectivity index (χ0v) is 14.9. The number of nitrogens with zero attached hydrogens (tertiary/aromatic N) is 3. The van der Waals surface area contributed by atoms with Crippen molar-refractivity contribution in [2.75, 3.05) is 36.5 Å². The molecule has 0 bridgehead atoms. The summed E-state index contributed by atoms with van der Waals surface area (Å²) in [5.41, 5.74) is 2.78. The monoisotopic (exact) mass is 401 g/mol. The van der Waals surface area contributed by atoms with Crippen LogP contribution in [0.5, 0.6) is 0 Å². The lowest BCUT2D eigenvalue weighted by Gasteiger charge is -2.26. The Morgan fingerprint density at radius 2 is 2.04 bits per heavy atom. The maximum Gasteiger partial charge on any atom is 0.274 e. The smallest absolute Gasteiger partial charge is 0.274 e. The van der Waals surface area contributed by atoms with Gasteiger partial charge >= 0.3 is 0 Å². The number of fused-ring (bicyclic) bond motifs is 1. The molecule has 2 aromatic heterocycles. The highest BCUT2D eigenvalue weighted by atomic mass is 79.9. The van der Waals surface area contributed by atoms with Gasteiger partial charge in [-0.2, -0.15) is 0 Å². The molecule has 25 heavy (non-hydrogen) atoms. The Morgan fingerprint density at radius 3 is 2.84 bits per heavy atom. The number of ether oxygens (including phenoxy) is 1. The number of carbonyl (C=O) groups excluding carboxylic acids is 1. The third kappa shape index (κ3) is 3.49. The van der Waals surface area contributed by atoms with Crippen molar-refractivity contribution in [2.45, 2.75) is 0 Å². The number of halogens is 1. The molecule has 3 aromatic rings. The van der Waals surface area contributed by atoms with E-state index in [1.807, 2.05) is 18.2 Å². The van der Waals surface area contributed by atoms with Gasteiger partial charge in [0.15, 0.2) is 0 Å². The van der Waals surface area contributed by atoms with Crippen molar-refractivity contribution in [2.24, 2.45) is 0 Å². The van der Waals surface area contributed by atoms with E-state index >= 15 is 0 Å². The minimum atomic E-state index is -0.256. The van der Waals surface area contributed by atoms with Crippen LogP contribution in [0.15, 0.2) is 41.0 Å². The number of carbonyl (C=O) groups is 1. The normalized spacial score (nSPS) is 14.7. The third-order valence-electron chi connectivity index (χ3n) is 3.99. The molecular formula is C17H16BrN5O2. The van der Waals surface area contributed by atoms with Gasteiger partial charge in [0, 0.05) is 18.8 Å². The van der Waals surface area contributed by atoms with Crippen LogP contribution in [-0.4, -0.2) is 47.2 Å². The number of nitrogens with one attached hydrogen (secondary N) is 2. The van der Waals surface area contributed by atoms with Gasteiger partial charge in [-0.15, -0.1) is 0 Å². The van der Waals surface area contributed by atoms with E-state index in [0.717, 1.165) is 30.1 Å². The summed E-state index contributed by atoms with van der Waals surface area (Å²) in [7, 11) is 0. The molecule has 1 aromatic carbocycles. The van der Waals surface area contributed by atoms with Crippen LogP contribution in [0, 0.1) is 0 Å². The van der Waals surface area contributed by atoms with Gasteiger partial charge in [-0.05, 0) is 46.3 Å². The molecule has 8 heteroatoms. The van der Waals surface area contributed by atoms with Crippen molar-refractivity contribution in [3.8, 4) is 0 Å². The molecule has 7 nitrogen and oxygen atoms in total. The number of aromatic nitrogens is 3. The van der Waals surface area contributed by atoms with E-state index in [2.05, 4.69) is 41.1 Å². The molecule has 128 valence electrons. The zero-order valence-electron chi connectivity index (χ0n) is 13.3. The van der Waals surface area contributed by atoms with Crippen LogP contribution >= 0.6 is 15.9 Å². The summed E-state index contributed by atoms with van der Waals surface area (Å²) in [5, 5.41) is 2.86. The van der Waals surface area contributed by atoms with E-state index in [9.17, 15) is 4.79 Å². The van der Waals surface area contributed by atoms with Gasteiger partial charge < -0.3 is 19.9 Å². The van der Waals surface area contributed by atoms with Gasteiger partial charge in [0.2, 0.25) is 5.95 Å². The Hall–Kier alpha value is -2.45. The fraction of sp³-hybridized carbons (Fsp3) is 0.235. The van der Waals surface area contributed by atoms with Gasteiger partial charge in [-0.25, -0.2) is 9.97 Å². The first kappa shape index (κ1) is 16.0. The fourth-order valence-corrected chi connectivity index (χ4v) is 3.07. The number of amides is 1. The van der Waals surface area contributed by atoms with Crippen LogP contribution in [0.1, 0.15) is 10.5 Å². The highest BCUT2D eigenvalue weighted by Crippen LogP contribution is 2.22. The van der Waals surface area contributed by atoms with E-state index in [1.165, 1.54) is 0 Å². The highest BCUT2D eigenvalue weighted by Gasteiger charge is 2.15. The topological polar surface area (TPSA) is 83.1 Å². The molecule has 0 aliphatic carbocycles. The second-order valence-electron chi connectivity index (χ2n) is 5.69. The predicted octanol–water partition coefficient (Wildman–Crippen LogP) is 2.81. The van der Waals surface area contributed by atoms with Gasteiger partial charge in [0.05, 0.1) is 24.2 Å². The largest absolute Gasteiger partial charge is 0.378 e. The van der Waals surface area contributed by atoms with Crippen molar-refractivity contribution < 1.29 is 9.53 Å². The number of aromatic amines is 1. The quantitative estimate of drug-likeness (QED) is 0.659. The average molecular weight is 402 g/mol. The Bertz CT molecular complexity index is 920. The number of rotatable bonds is 3. The molecule has 1 saturated heterocycles. The molecule has 0 saturated carbocycles. The van der Waals surface area contributed by atoms with Crippen LogP contribution in [0.25, 0.3) is 11.0 Å². The highest BCUT2D eigenvalue weighted by molar-refractivity contribution is 9.10. The van der Waals surface area contributed by atoms with E-state index in [1.54, 1.807) is 18.2 Å². The molecule has 1 aliphatic heterocycles. The molecule has 0 spiro atoms. The Labute approximate surface area is 152 Å². The van der Waals surface area contributed by atoms with Crippen molar-refractivity contribution in [1.29, 1.82) is 0 Å². The molecule has 0 atom stereocenters. The number of pyridine rings is 1. The maximum absolute atomic E-state index is 12.3. The molecule has 1 fully saturated rings. The van der Waals surface area contributed by atoms with E-state index in [4.69, 9.17) is 4.74 Å². The molecule has 0 radical (unpaired) electrons. The van der Waals surface area contributed by atoms with E-state index < -0.39 is 0 Å². The van der Waals surface area contributed by atoms with Crippen molar-refractivity contribution >= 4 is 44.5 Å². The second kappa shape index (κ2) is 6.81. The molecule has 2 N–H and O–H groups in total. The lowest BCUT2D eigenvalue weighted by molar-refractivity contribution is 0.102. The lowest BCUT2D eigenvalue weighted by Crippen LogP contribution is -2.36. The number of morpholine rings is 1. The van der Waals surface area contributed by atoms with Crippen molar-refractivity contribution in [1.82, 2.24) is 15.0 Å². The minimum Gasteiger partial charge on any atom is -0.378 e. The Kier molecular flexibility index (Phi) is 4.37. The van der Waals surface area contributed by atoms with Crippen LogP contribution < -0.4 is 10.2 Å². The number of imidazole rings is 1. The van der Waals surface area contributed by atoms with E-state index in [-0.39, 0.29) is 5.91 Å². The van der Waals surface area contributed by atoms with Crippen molar-refractivity contribution in [3.05, 3.63) is 46.7 Å². The summed E-state index contributed by atoms with van der Waals surface area (Å²) in [6.45, 7) is 3.05. The summed E-state index contributed by atoms with van der Waals surface area (Å²) in [5.74, 6) is 0.573. The van der Waals surface area contributed by atoms with E-state index in [0.29, 0.717) is 29.2 Å². The van der Waals surface area contributed by atoms with Crippen LogP contribution in [0.2, 0.25) is 0 Å². The number of hydrogen-bond acceptors (Lipinski definition) is 5. The summed E-state index contributed by atoms with van der Waals surface area (Å²) in [6, 6.07) is 10.8. The minimum absolute atomic E-state index is 0.256. The molecule has 1 aliphatic rings. The zero-order chi connectivity index (χ0) is 17.2. The average Bonchev–Trinajstić information content (AvgIpc) is 3.06. The summed E-state index contributed by atoms with van der Waals surface area (Å²) < 4.78 is 5.99. The van der Waals surface area contributed by atoms with Crippen LogP contribution in [-0.2, 0) is 4.74 Å². The first-order chi connectivity index (χ1) is 12.2. The summed E-state index contributed by atoms with van der Waals surface area (Å²) in [6.07, 6.45) is 0. The lowest BCUT2D eigenvalue weighted by atomic mass is 10.2. The molecule has 3 heterocycles. The SMILES string of the molecule is O=C(Nc1ccc2nc(N3CCOCC3)[nH]c2c1)c1cccc(Br)n1. The summed E-state index contributed by atoms with van der Waals surface area (Å²) >= 11 is 3.27. The van der Waals surface area contributed by atoms with Crippen LogP contribution in [0.4, 0.5) is 11.6 Å². The predicted molar refractivity (Wildman–Crippen MR) is 99.0 cm³/mol. The molecule has 1 amide bonds. The summed E-state index contributed by atoms with van der Waals surface area (Å²) in [4.78, 5) is 26.6. The molecule has 4 rings (SSSR count). The van der Waals surface area contributed by atoms with Gasteiger partial charge in [0.25, 0.3) is 5.91 Å². The number of anilines is 2. The third-order valence-corrected chi connectivity index (χ3v) is 4.43. The number of hydrogen-bond donors (Lipinski definition) is 2. The second-order valence-corrected chi connectivity index (χ2v) is 6.50. The fourth-order valence-electron chi connectivity index (χ4n) is 2.73. The van der Waals surface area contributed by atoms with Crippen LogP contribution in [0.3, 0.4) is 0 Å². The number of benzene rings is 1. The Balaban J connectivity index is 1.55. The van der Waals surface area contributed by atoms with Gasteiger partial charge in [-0.1, -0.05) is 6.07 Å². The van der Waals surface area contributed by atoms with Crippen molar-refractivity contribution in [3.63, 3.8) is 0 Å². The van der Waals surface area contributed by atoms with Gasteiger partial charge in [0.1, 0.15) is 10.3 Å². The van der Waals surface area contributed by atoms with Gasteiger partial charge in [-0.3, -0.25) is 4.79 Å². The first-order valence-electron chi connectivity index (χ1n) is 7.95. The Morgan fingerprint density at radius 1 is 1.20 bits per heavy atom. The number of H-pyrrole nitrogens is 1. The maximum atomic E-state index is 12.3. The standard InChI is InChI=1S/C17H16BrN5O2/c18-15-3-1-2-13(20-15)16(24)19-11-4-5-12-14(10-11)22-17(21-12)23-6-8-25-9-7-23/h1-5,10H,6-9H2,(H,19,24)(H,21,22). The first-order valence-corrected chi connectivity index (χ1v) is 8.75. The molecular weight excluding hydrogens is 386 g/mol.